The zero-order valence-corrected chi connectivity index (χ0v) is 11.8. The summed E-state index contributed by atoms with van der Waals surface area (Å²) in [4.78, 5) is 0. The highest BCUT2D eigenvalue weighted by molar-refractivity contribution is 14.1. The van der Waals surface area contributed by atoms with E-state index in [4.69, 9.17) is 5.73 Å². The molecule has 0 aliphatic carbocycles. The van der Waals surface area contributed by atoms with Crippen LogP contribution in [0.3, 0.4) is 0 Å². The molecule has 2 aromatic rings. The summed E-state index contributed by atoms with van der Waals surface area (Å²) in [6.07, 6.45) is -4.38. The maximum atomic E-state index is 12.6. The molecule has 0 unspecified atom stereocenters. The Morgan fingerprint density at radius 1 is 1.05 bits per heavy atom. The van der Waals surface area contributed by atoms with Gasteiger partial charge < -0.3 is 11.1 Å². The van der Waals surface area contributed by atoms with Crippen molar-refractivity contribution in [1.82, 2.24) is 0 Å². The summed E-state index contributed by atoms with van der Waals surface area (Å²) in [7, 11) is 0. The minimum atomic E-state index is -4.38. The van der Waals surface area contributed by atoms with E-state index in [1.807, 2.05) is 18.2 Å². The van der Waals surface area contributed by atoms with Gasteiger partial charge in [0.05, 0.1) is 16.9 Å². The van der Waals surface area contributed by atoms with Gasteiger partial charge in [-0.1, -0.05) is 6.07 Å². The second-order valence-corrected chi connectivity index (χ2v) is 5.18. The molecule has 6 heteroatoms. The summed E-state index contributed by atoms with van der Waals surface area (Å²) in [5.41, 5.74) is 6.17. The van der Waals surface area contributed by atoms with E-state index in [1.54, 1.807) is 6.07 Å². The van der Waals surface area contributed by atoms with Crippen LogP contribution < -0.4 is 11.1 Å². The number of nitrogens with two attached hydrogens (primary N) is 1. The first-order chi connectivity index (χ1) is 8.86. The number of halogens is 4. The first-order valence-electron chi connectivity index (χ1n) is 5.35. The number of alkyl halides is 3. The normalized spacial score (nSPS) is 11.4. The number of nitrogen functional groups attached to an aromatic ring is 1. The van der Waals surface area contributed by atoms with Gasteiger partial charge in [0.1, 0.15) is 0 Å². The summed E-state index contributed by atoms with van der Waals surface area (Å²) in [5, 5.41) is 2.90. The predicted molar refractivity (Wildman–Crippen MR) is 78.3 cm³/mol. The standard InChI is InChI=1S/C13H10F3IN2/c14-13(15,16)8-4-5-11(18)12(6-8)19-10-3-1-2-9(17)7-10/h1-7,19H,18H2. The van der Waals surface area contributed by atoms with Crippen LogP contribution in [-0.2, 0) is 6.18 Å². The van der Waals surface area contributed by atoms with Crippen molar-refractivity contribution in [2.75, 3.05) is 11.1 Å². The van der Waals surface area contributed by atoms with E-state index in [9.17, 15) is 13.2 Å². The van der Waals surface area contributed by atoms with E-state index in [2.05, 4.69) is 27.9 Å². The molecule has 0 radical (unpaired) electrons. The lowest BCUT2D eigenvalue weighted by atomic mass is 10.1. The summed E-state index contributed by atoms with van der Waals surface area (Å²) >= 11 is 2.13. The molecule has 0 atom stereocenters. The molecule has 0 amide bonds. The third kappa shape index (κ3) is 3.52. The van der Waals surface area contributed by atoms with Crippen LogP contribution in [0.4, 0.5) is 30.2 Å². The van der Waals surface area contributed by atoms with Crippen molar-refractivity contribution in [3.8, 4) is 0 Å². The zero-order valence-electron chi connectivity index (χ0n) is 9.63. The summed E-state index contributed by atoms with van der Waals surface area (Å²) < 4.78 is 38.9. The fourth-order valence-electron chi connectivity index (χ4n) is 1.56. The van der Waals surface area contributed by atoms with E-state index < -0.39 is 11.7 Å². The molecule has 0 aliphatic rings. The Morgan fingerprint density at radius 3 is 2.42 bits per heavy atom. The molecule has 0 spiro atoms. The predicted octanol–water partition coefficient (Wildman–Crippen LogP) is 4.64. The molecule has 0 saturated heterocycles. The van der Waals surface area contributed by atoms with Crippen LogP contribution in [0.25, 0.3) is 0 Å². The SMILES string of the molecule is Nc1ccc(C(F)(F)F)cc1Nc1cccc(I)c1. The van der Waals surface area contributed by atoms with E-state index in [1.165, 1.54) is 6.07 Å². The molecule has 2 nitrogen and oxygen atoms in total. The number of nitrogens with one attached hydrogen (secondary N) is 1. The molecule has 0 heterocycles. The lowest BCUT2D eigenvalue weighted by Gasteiger charge is -2.13. The smallest absolute Gasteiger partial charge is 0.397 e. The third-order valence-corrected chi connectivity index (χ3v) is 3.16. The first-order valence-corrected chi connectivity index (χ1v) is 6.43. The number of benzene rings is 2. The van der Waals surface area contributed by atoms with Gasteiger partial charge in [-0.15, -0.1) is 0 Å². The molecule has 19 heavy (non-hydrogen) atoms. The lowest BCUT2D eigenvalue weighted by molar-refractivity contribution is -0.137. The highest BCUT2D eigenvalue weighted by Crippen LogP contribution is 2.34. The van der Waals surface area contributed by atoms with Crippen LogP contribution in [0.15, 0.2) is 42.5 Å². The Morgan fingerprint density at radius 2 is 1.79 bits per heavy atom. The van der Waals surface area contributed by atoms with Crippen LogP contribution in [0, 0.1) is 3.57 Å². The van der Waals surface area contributed by atoms with Gasteiger partial charge in [0.2, 0.25) is 0 Å². The van der Waals surface area contributed by atoms with E-state index in [0.717, 1.165) is 15.7 Å². The van der Waals surface area contributed by atoms with Gasteiger partial charge in [0.25, 0.3) is 0 Å². The second-order valence-electron chi connectivity index (χ2n) is 3.94. The molecule has 0 aromatic heterocycles. The lowest BCUT2D eigenvalue weighted by Crippen LogP contribution is -2.06. The van der Waals surface area contributed by atoms with Crippen molar-refractivity contribution < 1.29 is 13.2 Å². The molecular weight excluding hydrogens is 368 g/mol. The number of hydrogen-bond donors (Lipinski definition) is 2. The Hall–Kier alpha value is -1.44. The van der Waals surface area contributed by atoms with Crippen LogP contribution in [0.1, 0.15) is 5.56 Å². The molecule has 2 aromatic carbocycles. The van der Waals surface area contributed by atoms with Gasteiger partial charge in [-0.2, -0.15) is 13.2 Å². The van der Waals surface area contributed by atoms with Gasteiger partial charge >= 0.3 is 6.18 Å². The summed E-state index contributed by atoms with van der Waals surface area (Å²) in [6, 6.07) is 10.5. The summed E-state index contributed by atoms with van der Waals surface area (Å²) in [6.45, 7) is 0. The zero-order chi connectivity index (χ0) is 14.0. The molecule has 3 N–H and O–H groups in total. The third-order valence-electron chi connectivity index (χ3n) is 2.48. The fraction of sp³-hybridized carbons (Fsp3) is 0.0769. The largest absolute Gasteiger partial charge is 0.416 e. The maximum Gasteiger partial charge on any atom is 0.416 e. The average molecular weight is 378 g/mol. The Labute approximate surface area is 122 Å². The molecule has 2 rings (SSSR count). The van der Waals surface area contributed by atoms with Crippen LogP contribution in [0.5, 0.6) is 0 Å². The molecule has 0 saturated carbocycles. The maximum absolute atomic E-state index is 12.6. The second kappa shape index (κ2) is 5.28. The highest BCUT2D eigenvalue weighted by atomic mass is 127. The molecular formula is C13H10F3IN2. The monoisotopic (exact) mass is 378 g/mol. The topological polar surface area (TPSA) is 38.0 Å². The Balaban J connectivity index is 2.34. The van der Waals surface area contributed by atoms with Gasteiger partial charge in [0.15, 0.2) is 0 Å². The number of hydrogen-bond acceptors (Lipinski definition) is 2. The van der Waals surface area contributed by atoms with E-state index in [0.29, 0.717) is 5.69 Å². The molecule has 0 aliphatic heterocycles. The van der Waals surface area contributed by atoms with Crippen LogP contribution >= 0.6 is 22.6 Å². The van der Waals surface area contributed by atoms with E-state index in [-0.39, 0.29) is 11.4 Å². The first kappa shape index (κ1) is 14.0. The summed E-state index contributed by atoms with van der Waals surface area (Å²) in [5.74, 6) is 0. The van der Waals surface area contributed by atoms with Gasteiger partial charge in [-0.25, -0.2) is 0 Å². The quantitative estimate of drug-likeness (QED) is 0.591. The molecule has 0 fully saturated rings. The fourth-order valence-corrected chi connectivity index (χ4v) is 2.11. The Bertz CT molecular complexity index is 597. The molecule has 100 valence electrons. The van der Waals surface area contributed by atoms with Gasteiger partial charge in [-0.05, 0) is 59.0 Å². The average Bonchev–Trinajstić information content (AvgIpc) is 2.30. The van der Waals surface area contributed by atoms with Crippen molar-refractivity contribution >= 4 is 39.7 Å². The van der Waals surface area contributed by atoms with Crippen LogP contribution in [-0.4, -0.2) is 0 Å². The van der Waals surface area contributed by atoms with Crippen molar-refractivity contribution in [3.63, 3.8) is 0 Å². The number of rotatable bonds is 2. The minimum Gasteiger partial charge on any atom is -0.397 e. The van der Waals surface area contributed by atoms with Crippen molar-refractivity contribution in [1.29, 1.82) is 0 Å². The van der Waals surface area contributed by atoms with Crippen molar-refractivity contribution in [3.05, 3.63) is 51.6 Å². The van der Waals surface area contributed by atoms with E-state index >= 15 is 0 Å². The van der Waals surface area contributed by atoms with Crippen molar-refractivity contribution in [2.45, 2.75) is 6.18 Å². The van der Waals surface area contributed by atoms with Gasteiger partial charge in [0, 0.05) is 9.26 Å². The molecule has 0 bridgehead atoms. The van der Waals surface area contributed by atoms with Crippen LogP contribution in [0.2, 0.25) is 0 Å². The minimum absolute atomic E-state index is 0.247. The Kier molecular flexibility index (Phi) is 3.88. The number of anilines is 3. The van der Waals surface area contributed by atoms with Gasteiger partial charge in [-0.3, -0.25) is 0 Å². The highest BCUT2D eigenvalue weighted by Gasteiger charge is 2.30. The van der Waals surface area contributed by atoms with Crippen molar-refractivity contribution in [2.24, 2.45) is 0 Å².